The van der Waals surface area contributed by atoms with Crippen molar-refractivity contribution in [2.75, 3.05) is 13.1 Å². The zero-order valence-electron chi connectivity index (χ0n) is 16.1. The number of hydrogen-bond acceptors (Lipinski definition) is 3. The van der Waals surface area contributed by atoms with Crippen molar-refractivity contribution < 1.29 is 23.1 Å². The average molecular weight is 402 g/mol. The Labute approximate surface area is 168 Å². The first-order valence-corrected chi connectivity index (χ1v) is 9.66. The van der Waals surface area contributed by atoms with Crippen LogP contribution in [0.25, 0.3) is 0 Å². The molecule has 0 bridgehead atoms. The summed E-state index contributed by atoms with van der Waals surface area (Å²) in [6.45, 7) is -1.08. The minimum atomic E-state index is -2.87. The summed E-state index contributed by atoms with van der Waals surface area (Å²) in [5, 5.41) is 2.79. The molecule has 29 heavy (non-hydrogen) atoms. The van der Waals surface area contributed by atoms with E-state index in [0.29, 0.717) is 31.5 Å². The van der Waals surface area contributed by atoms with Crippen molar-refractivity contribution >= 4 is 11.8 Å². The molecule has 0 spiro atoms. The molecule has 7 heteroatoms. The maximum absolute atomic E-state index is 12.4. The van der Waals surface area contributed by atoms with E-state index in [1.54, 1.807) is 12.1 Å². The van der Waals surface area contributed by atoms with Gasteiger partial charge in [-0.15, -0.1) is 0 Å². The molecule has 2 aromatic carbocycles. The molecule has 0 radical (unpaired) electrons. The van der Waals surface area contributed by atoms with Gasteiger partial charge >= 0.3 is 6.61 Å². The summed E-state index contributed by atoms with van der Waals surface area (Å²) in [6.07, 6.45) is 1.98. The van der Waals surface area contributed by atoms with Gasteiger partial charge in [-0.1, -0.05) is 36.4 Å². The van der Waals surface area contributed by atoms with Gasteiger partial charge in [0, 0.05) is 26.1 Å². The fourth-order valence-electron chi connectivity index (χ4n) is 3.37. The van der Waals surface area contributed by atoms with Crippen molar-refractivity contribution in [3.8, 4) is 5.75 Å². The zero-order chi connectivity index (χ0) is 20.6. The Kier molecular flexibility index (Phi) is 7.16. The lowest BCUT2D eigenvalue weighted by atomic mass is 9.99. The van der Waals surface area contributed by atoms with Gasteiger partial charge < -0.3 is 15.0 Å². The quantitative estimate of drug-likeness (QED) is 0.690. The van der Waals surface area contributed by atoms with Crippen molar-refractivity contribution in [2.24, 2.45) is 0 Å². The Hall–Kier alpha value is -2.96. The Morgan fingerprint density at radius 2 is 1.79 bits per heavy atom. The summed E-state index contributed by atoms with van der Waals surface area (Å²) in [5.41, 5.74) is 3.20. The lowest BCUT2D eigenvalue weighted by Gasteiger charge is -2.29. The van der Waals surface area contributed by atoms with Crippen LogP contribution < -0.4 is 10.1 Å². The predicted molar refractivity (Wildman–Crippen MR) is 105 cm³/mol. The van der Waals surface area contributed by atoms with E-state index >= 15 is 0 Å². The topological polar surface area (TPSA) is 58.6 Å². The van der Waals surface area contributed by atoms with Crippen molar-refractivity contribution in [3.05, 3.63) is 65.2 Å². The fourth-order valence-corrected chi connectivity index (χ4v) is 3.37. The number of nitrogens with zero attached hydrogens (tertiary/aromatic N) is 1. The Balaban J connectivity index is 1.35. The molecule has 0 fully saturated rings. The maximum atomic E-state index is 12.4. The van der Waals surface area contributed by atoms with E-state index in [0.717, 1.165) is 13.0 Å². The highest BCUT2D eigenvalue weighted by Crippen LogP contribution is 2.19. The first kappa shape index (κ1) is 20.8. The molecule has 154 valence electrons. The van der Waals surface area contributed by atoms with Gasteiger partial charge in [-0.3, -0.25) is 9.59 Å². The van der Waals surface area contributed by atoms with Crippen LogP contribution in [-0.4, -0.2) is 36.4 Å². The van der Waals surface area contributed by atoms with Crippen molar-refractivity contribution in [1.29, 1.82) is 0 Å². The van der Waals surface area contributed by atoms with E-state index in [9.17, 15) is 18.4 Å². The number of amides is 2. The fraction of sp³-hybridized carbons (Fsp3) is 0.364. The number of rotatable bonds is 8. The highest BCUT2D eigenvalue weighted by Gasteiger charge is 2.19. The van der Waals surface area contributed by atoms with E-state index in [4.69, 9.17) is 0 Å². The minimum absolute atomic E-state index is 0.0583. The molecule has 0 aromatic heterocycles. The van der Waals surface area contributed by atoms with Crippen LogP contribution in [0.15, 0.2) is 48.5 Å². The Bertz CT molecular complexity index is 840. The lowest BCUT2D eigenvalue weighted by molar-refractivity contribution is -0.132. The van der Waals surface area contributed by atoms with Gasteiger partial charge in [0.05, 0.1) is 6.42 Å². The summed E-state index contributed by atoms with van der Waals surface area (Å²) < 4.78 is 28.5. The molecule has 2 amide bonds. The summed E-state index contributed by atoms with van der Waals surface area (Å²) >= 11 is 0. The Morgan fingerprint density at radius 1 is 1.07 bits per heavy atom. The van der Waals surface area contributed by atoms with Gasteiger partial charge in [-0.2, -0.15) is 8.78 Å². The van der Waals surface area contributed by atoms with Crippen molar-refractivity contribution in [1.82, 2.24) is 10.2 Å². The minimum Gasteiger partial charge on any atom is -0.435 e. The largest absolute Gasteiger partial charge is 0.435 e. The van der Waals surface area contributed by atoms with E-state index in [-0.39, 0.29) is 24.0 Å². The molecular formula is C22H24F2N2O3. The van der Waals surface area contributed by atoms with E-state index < -0.39 is 6.61 Å². The molecule has 2 aromatic rings. The normalized spacial score (nSPS) is 13.1. The number of carbonyl (C=O) groups is 2. The highest BCUT2D eigenvalue weighted by molar-refractivity contribution is 5.79. The SMILES string of the molecule is O=C(Cc1ccc(OC(F)F)cc1)NCCCC(=O)N1CCc2ccccc2C1. The second-order valence-corrected chi connectivity index (χ2v) is 6.99. The number of hydrogen-bond donors (Lipinski definition) is 1. The number of alkyl halides is 2. The second-order valence-electron chi connectivity index (χ2n) is 6.99. The van der Waals surface area contributed by atoms with Gasteiger partial charge in [0.2, 0.25) is 11.8 Å². The predicted octanol–water partition coefficient (Wildman–Crippen LogP) is 3.31. The zero-order valence-corrected chi connectivity index (χ0v) is 16.1. The molecule has 1 N–H and O–H groups in total. The molecule has 0 saturated heterocycles. The summed E-state index contributed by atoms with van der Waals surface area (Å²) in [5.74, 6) is -0.0155. The van der Waals surface area contributed by atoms with Crippen LogP contribution in [0.2, 0.25) is 0 Å². The number of fused-ring (bicyclic) bond motifs is 1. The monoisotopic (exact) mass is 402 g/mol. The molecule has 1 aliphatic rings. The summed E-state index contributed by atoms with van der Waals surface area (Å²) in [7, 11) is 0. The molecular weight excluding hydrogens is 378 g/mol. The molecule has 1 heterocycles. The van der Waals surface area contributed by atoms with E-state index in [2.05, 4.69) is 22.2 Å². The second kappa shape index (κ2) is 10.0. The van der Waals surface area contributed by atoms with Crippen LogP contribution in [0, 0.1) is 0 Å². The number of benzene rings is 2. The Morgan fingerprint density at radius 3 is 2.52 bits per heavy atom. The third-order valence-corrected chi connectivity index (χ3v) is 4.89. The lowest BCUT2D eigenvalue weighted by Crippen LogP contribution is -2.36. The average Bonchev–Trinajstić information content (AvgIpc) is 2.71. The van der Waals surface area contributed by atoms with Crippen LogP contribution in [0.1, 0.15) is 29.5 Å². The van der Waals surface area contributed by atoms with Crippen molar-refractivity contribution in [2.45, 2.75) is 38.8 Å². The van der Waals surface area contributed by atoms with Gasteiger partial charge in [0.25, 0.3) is 0 Å². The van der Waals surface area contributed by atoms with Gasteiger partial charge in [0.1, 0.15) is 5.75 Å². The molecule has 5 nitrogen and oxygen atoms in total. The highest BCUT2D eigenvalue weighted by atomic mass is 19.3. The molecule has 0 unspecified atom stereocenters. The van der Waals surface area contributed by atoms with Crippen LogP contribution in [-0.2, 0) is 29.0 Å². The molecule has 0 saturated carbocycles. The van der Waals surface area contributed by atoms with Crippen LogP contribution in [0.3, 0.4) is 0 Å². The smallest absolute Gasteiger partial charge is 0.387 e. The van der Waals surface area contributed by atoms with Crippen LogP contribution in [0.5, 0.6) is 5.75 Å². The molecule has 3 rings (SSSR count). The van der Waals surface area contributed by atoms with Gasteiger partial charge in [-0.05, 0) is 41.7 Å². The number of carbonyl (C=O) groups excluding carboxylic acids is 2. The molecule has 0 aliphatic carbocycles. The van der Waals surface area contributed by atoms with Gasteiger partial charge in [0.15, 0.2) is 0 Å². The van der Waals surface area contributed by atoms with Gasteiger partial charge in [-0.25, -0.2) is 0 Å². The number of nitrogens with one attached hydrogen (secondary N) is 1. The molecule has 1 aliphatic heterocycles. The van der Waals surface area contributed by atoms with E-state index in [1.165, 1.54) is 23.3 Å². The molecule has 0 atom stereocenters. The first-order valence-electron chi connectivity index (χ1n) is 9.66. The number of ether oxygens (including phenoxy) is 1. The number of halogens is 2. The standard InChI is InChI=1S/C22H24F2N2O3/c23-22(24)29-19-9-7-16(8-10-19)14-20(27)25-12-3-6-21(28)26-13-11-17-4-1-2-5-18(17)15-26/h1-2,4-5,7-10,22H,3,6,11-15H2,(H,25,27). The van der Waals surface area contributed by atoms with Crippen LogP contribution in [0.4, 0.5) is 8.78 Å². The first-order chi connectivity index (χ1) is 14.0. The third-order valence-electron chi connectivity index (χ3n) is 4.89. The summed E-state index contributed by atoms with van der Waals surface area (Å²) in [6, 6.07) is 14.1. The third kappa shape index (κ3) is 6.27. The maximum Gasteiger partial charge on any atom is 0.387 e. The van der Waals surface area contributed by atoms with Crippen LogP contribution >= 0.6 is 0 Å². The summed E-state index contributed by atoms with van der Waals surface area (Å²) in [4.78, 5) is 26.3. The van der Waals surface area contributed by atoms with E-state index in [1.807, 2.05) is 17.0 Å². The van der Waals surface area contributed by atoms with Crippen molar-refractivity contribution in [3.63, 3.8) is 0 Å².